The highest BCUT2D eigenvalue weighted by atomic mass is 79.9. The van der Waals surface area contributed by atoms with Gasteiger partial charge in [-0.3, -0.25) is 4.79 Å². The lowest BCUT2D eigenvalue weighted by molar-refractivity contribution is -0.147. The second-order valence-electron chi connectivity index (χ2n) is 4.58. The van der Waals surface area contributed by atoms with E-state index in [1.165, 1.54) is 0 Å². The number of carbonyl (C=O) groups is 1. The van der Waals surface area contributed by atoms with Gasteiger partial charge in [-0.2, -0.15) is 0 Å². The van der Waals surface area contributed by atoms with E-state index < -0.39 is 11.4 Å². The van der Waals surface area contributed by atoms with Crippen molar-refractivity contribution in [3.8, 4) is 11.5 Å². The molecular formula is C13H17BrO4. The maximum atomic E-state index is 10.9. The molecule has 4 nitrogen and oxygen atoms in total. The van der Waals surface area contributed by atoms with Gasteiger partial charge in [0.05, 0.1) is 23.6 Å². The topological polar surface area (TPSA) is 55.8 Å². The molecule has 0 amide bonds. The number of carboxylic acids is 1. The summed E-state index contributed by atoms with van der Waals surface area (Å²) in [5.74, 6) is 0.594. The van der Waals surface area contributed by atoms with Crippen LogP contribution >= 0.6 is 15.9 Å². The maximum Gasteiger partial charge on any atom is 0.309 e. The van der Waals surface area contributed by atoms with Gasteiger partial charge in [0.15, 0.2) is 0 Å². The Morgan fingerprint density at radius 2 is 2.11 bits per heavy atom. The molecule has 0 saturated heterocycles. The van der Waals surface area contributed by atoms with Crippen LogP contribution in [0.25, 0.3) is 0 Å². The Morgan fingerprint density at radius 1 is 1.44 bits per heavy atom. The highest BCUT2D eigenvalue weighted by molar-refractivity contribution is 9.10. The van der Waals surface area contributed by atoms with Gasteiger partial charge < -0.3 is 14.6 Å². The van der Waals surface area contributed by atoms with Crippen LogP contribution < -0.4 is 9.47 Å². The van der Waals surface area contributed by atoms with E-state index in [2.05, 4.69) is 15.9 Å². The molecule has 1 N–H and O–H groups in total. The summed E-state index contributed by atoms with van der Waals surface area (Å²) in [5, 5.41) is 8.98. The van der Waals surface area contributed by atoms with Gasteiger partial charge >= 0.3 is 5.97 Å². The van der Waals surface area contributed by atoms with Crippen LogP contribution in [0.4, 0.5) is 0 Å². The Hall–Kier alpha value is -1.23. The molecule has 0 aliphatic rings. The molecule has 0 atom stereocenters. The summed E-state index contributed by atoms with van der Waals surface area (Å²) in [5.41, 5.74) is -0.779. The third-order valence-corrected chi connectivity index (χ3v) is 3.32. The molecule has 0 radical (unpaired) electrons. The summed E-state index contributed by atoms with van der Waals surface area (Å²) in [6.45, 7) is 3.72. The summed E-state index contributed by atoms with van der Waals surface area (Å²) in [6, 6.07) is 5.39. The number of methoxy groups -OCH3 is 1. The Labute approximate surface area is 115 Å². The lowest BCUT2D eigenvalue weighted by Gasteiger charge is -2.19. The fourth-order valence-corrected chi connectivity index (χ4v) is 1.72. The van der Waals surface area contributed by atoms with Crippen LogP contribution in [0.1, 0.15) is 20.3 Å². The third-order valence-electron chi connectivity index (χ3n) is 2.70. The van der Waals surface area contributed by atoms with E-state index in [1.54, 1.807) is 39.2 Å². The molecule has 0 aliphatic heterocycles. The zero-order valence-corrected chi connectivity index (χ0v) is 12.3. The summed E-state index contributed by atoms with van der Waals surface area (Å²) in [4.78, 5) is 10.9. The van der Waals surface area contributed by atoms with Crippen molar-refractivity contribution in [1.29, 1.82) is 0 Å². The summed E-state index contributed by atoms with van der Waals surface area (Å²) in [6.07, 6.45) is 0.445. The molecule has 0 spiro atoms. The zero-order valence-electron chi connectivity index (χ0n) is 10.7. The van der Waals surface area contributed by atoms with Crippen molar-refractivity contribution in [3.63, 3.8) is 0 Å². The van der Waals surface area contributed by atoms with Gasteiger partial charge in [-0.05, 0) is 54.4 Å². The molecule has 0 fully saturated rings. The SMILES string of the molecule is COc1ccc(OCCC(C)(C)C(=O)O)c(Br)c1. The zero-order chi connectivity index (χ0) is 13.8. The number of hydrogen-bond donors (Lipinski definition) is 1. The average molecular weight is 317 g/mol. The number of aliphatic carboxylic acids is 1. The normalized spacial score (nSPS) is 11.1. The number of halogens is 1. The molecule has 18 heavy (non-hydrogen) atoms. The Kier molecular flexibility index (Phi) is 5.02. The first-order valence-electron chi connectivity index (χ1n) is 5.56. The molecule has 0 saturated carbocycles. The van der Waals surface area contributed by atoms with E-state index in [0.29, 0.717) is 18.8 Å². The largest absolute Gasteiger partial charge is 0.497 e. The van der Waals surface area contributed by atoms with E-state index >= 15 is 0 Å². The van der Waals surface area contributed by atoms with Gasteiger partial charge in [0.1, 0.15) is 11.5 Å². The molecular weight excluding hydrogens is 300 g/mol. The number of ether oxygens (including phenoxy) is 2. The van der Waals surface area contributed by atoms with Gasteiger partial charge in [0, 0.05) is 0 Å². The number of hydrogen-bond acceptors (Lipinski definition) is 3. The predicted octanol–water partition coefficient (Wildman–Crippen LogP) is 3.34. The lowest BCUT2D eigenvalue weighted by Crippen LogP contribution is -2.25. The van der Waals surface area contributed by atoms with Crippen molar-refractivity contribution >= 4 is 21.9 Å². The fourth-order valence-electron chi connectivity index (χ4n) is 1.25. The van der Waals surface area contributed by atoms with E-state index in [4.69, 9.17) is 14.6 Å². The van der Waals surface area contributed by atoms with Crippen LogP contribution in [0, 0.1) is 5.41 Å². The molecule has 100 valence electrons. The summed E-state index contributed by atoms with van der Waals surface area (Å²) < 4.78 is 11.4. The molecule has 1 aromatic carbocycles. The van der Waals surface area contributed by atoms with Crippen molar-refractivity contribution in [1.82, 2.24) is 0 Å². The summed E-state index contributed by atoms with van der Waals surface area (Å²) >= 11 is 3.38. The first-order chi connectivity index (χ1) is 8.36. The van der Waals surface area contributed by atoms with Crippen LogP contribution in [-0.2, 0) is 4.79 Å². The monoisotopic (exact) mass is 316 g/mol. The fraction of sp³-hybridized carbons (Fsp3) is 0.462. The molecule has 1 rings (SSSR count). The van der Waals surface area contributed by atoms with Crippen molar-refractivity contribution in [2.75, 3.05) is 13.7 Å². The van der Waals surface area contributed by atoms with Crippen LogP contribution in [0.3, 0.4) is 0 Å². The number of benzene rings is 1. The van der Waals surface area contributed by atoms with E-state index in [9.17, 15) is 4.79 Å². The minimum absolute atomic E-state index is 0.351. The van der Waals surface area contributed by atoms with Crippen molar-refractivity contribution in [2.45, 2.75) is 20.3 Å². The van der Waals surface area contributed by atoms with Crippen molar-refractivity contribution in [3.05, 3.63) is 22.7 Å². The Bertz CT molecular complexity index is 429. The van der Waals surface area contributed by atoms with Crippen molar-refractivity contribution in [2.24, 2.45) is 5.41 Å². The molecule has 0 aromatic heterocycles. The van der Waals surface area contributed by atoms with Crippen LogP contribution in [-0.4, -0.2) is 24.8 Å². The van der Waals surface area contributed by atoms with E-state index in [1.807, 2.05) is 0 Å². The van der Waals surface area contributed by atoms with Gasteiger partial charge in [0.25, 0.3) is 0 Å². The van der Waals surface area contributed by atoms with Gasteiger partial charge in [-0.1, -0.05) is 0 Å². The van der Waals surface area contributed by atoms with Crippen molar-refractivity contribution < 1.29 is 19.4 Å². The smallest absolute Gasteiger partial charge is 0.309 e. The van der Waals surface area contributed by atoms with E-state index in [0.717, 1.165) is 10.2 Å². The highest BCUT2D eigenvalue weighted by Crippen LogP contribution is 2.30. The maximum absolute atomic E-state index is 10.9. The quantitative estimate of drug-likeness (QED) is 0.874. The predicted molar refractivity (Wildman–Crippen MR) is 72.2 cm³/mol. The number of carboxylic acid groups (broad SMARTS) is 1. The Balaban J connectivity index is 2.57. The minimum Gasteiger partial charge on any atom is -0.497 e. The van der Waals surface area contributed by atoms with Crippen LogP contribution in [0.5, 0.6) is 11.5 Å². The molecule has 0 heterocycles. The summed E-state index contributed by atoms with van der Waals surface area (Å²) in [7, 11) is 1.59. The second-order valence-corrected chi connectivity index (χ2v) is 5.44. The standard InChI is InChI=1S/C13H17BrO4/c1-13(2,12(15)16)6-7-18-11-5-4-9(17-3)8-10(11)14/h4-5,8H,6-7H2,1-3H3,(H,15,16). The van der Waals surface area contributed by atoms with Crippen LogP contribution in [0.2, 0.25) is 0 Å². The third kappa shape index (κ3) is 3.91. The molecule has 5 heteroatoms. The molecule has 0 bridgehead atoms. The minimum atomic E-state index is -0.820. The first kappa shape index (κ1) is 14.8. The highest BCUT2D eigenvalue weighted by Gasteiger charge is 2.26. The first-order valence-corrected chi connectivity index (χ1v) is 6.36. The molecule has 1 aromatic rings. The van der Waals surface area contributed by atoms with Gasteiger partial charge in [-0.25, -0.2) is 0 Å². The number of rotatable bonds is 6. The Morgan fingerprint density at radius 3 is 2.61 bits per heavy atom. The van der Waals surface area contributed by atoms with Gasteiger partial charge in [-0.15, -0.1) is 0 Å². The van der Waals surface area contributed by atoms with Gasteiger partial charge in [0.2, 0.25) is 0 Å². The second kappa shape index (κ2) is 6.09. The van der Waals surface area contributed by atoms with E-state index in [-0.39, 0.29) is 0 Å². The lowest BCUT2D eigenvalue weighted by atomic mass is 9.90. The average Bonchev–Trinajstić information content (AvgIpc) is 2.30. The van der Waals surface area contributed by atoms with Crippen LogP contribution in [0.15, 0.2) is 22.7 Å². The molecule has 0 aliphatic carbocycles. The molecule has 0 unspecified atom stereocenters.